The summed E-state index contributed by atoms with van der Waals surface area (Å²) in [4.78, 5) is 0. The van der Waals surface area contributed by atoms with Gasteiger partial charge in [0.15, 0.2) is 0 Å². The lowest BCUT2D eigenvalue weighted by Gasteiger charge is -2.22. The predicted molar refractivity (Wildman–Crippen MR) is 75.8 cm³/mol. The van der Waals surface area contributed by atoms with E-state index in [1.807, 2.05) is 25.1 Å². The van der Waals surface area contributed by atoms with Crippen LogP contribution in [0.4, 0.5) is 0 Å². The number of ether oxygens (including phenoxy) is 2. The summed E-state index contributed by atoms with van der Waals surface area (Å²) in [5, 5.41) is 0. The average Bonchev–Trinajstić information content (AvgIpc) is 2.38. The van der Waals surface area contributed by atoms with E-state index in [0.717, 1.165) is 48.4 Å². The maximum atomic E-state index is 5.87. The number of hydrogen-bond acceptors (Lipinski definition) is 3. The largest absolute Gasteiger partial charge is 0.492 e. The number of halogens is 1. The SMILES string of the molecule is C[C@@H](N)c1ccc(OCC2CCOCC2)c(Br)c1. The van der Waals surface area contributed by atoms with Gasteiger partial charge < -0.3 is 15.2 Å². The van der Waals surface area contributed by atoms with Gasteiger partial charge >= 0.3 is 0 Å². The van der Waals surface area contributed by atoms with Crippen molar-refractivity contribution in [1.29, 1.82) is 0 Å². The zero-order chi connectivity index (χ0) is 13.0. The second kappa shape index (κ2) is 6.55. The molecule has 0 aliphatic carbocycles. The molecule has 3 nitrogen and oxygen atoms in total. The number of benzene rings is 1. The lowest BCUT2D eigenvalue weighted by Crippen LogP contribution is -2.21. The molecule has 0 radical (unpaired) electrons. The summed E-state index contributed by atoms with van der Waals surface area (Å²) in [6.45, 7) is 4.46. The summed E-state index contributed by atoms with van der Waals surface area (Å²) < 4.78 is 12.2. The summed E-state index contributed by atoms with van der Waals surface area (Å²) in [6, 6.07) is 6.09. The van der Waals surface area contributed by atoms with Gasteiger partial charge in [0.2, 0.25) is 0 Å². The van der Waals surface area contributed by atoms with E-state index in [2.05, 4.69) is 15.9 Å². The molecule has 1 saturated heterocycles. The molecule has 18 heavy (non-hydrogen) atoms. The Hall–Kier alpha value is -0.580. The minimum Gasteiger partial charge on any atom is -0.492 e. The molecule has 0 saturated carbocycles. The van der Waals surface area contributed by atoms with Gasteiger partial charge in [-0.25, -0.2) is 0 Å². The topological polar surface area (TPSA) is 44.5 Å². The number of nitrogens with two attached hydrogens (primary N) is 1. The highest BCUT2D eigenvalue weighted by Gasteiger charge is 2.15. The zero-order valence-corrected chi connectivity index (χ0v) is 12.3. The second-order valence-corrected chi connectivity index (χ2v) is 5.70. The van der Waals surface area contributed by atoms with E-state index in [4.69, 9.17) is 15.2 Å². The maximum Gasteiger partial charge on any atom is 0.133 e. The molecular weight excluding hydrogens is 294 g/mol. The van der Waals surface area contributed by atoms with Crippen molar-refractivity contribution in [3.05, 3.63) is 28.2 Å². The summed E-state index contributed by atoms with van der Waals surface area (Å²) in [7, 11) is 0. The Morgan fingerprint density at radius 1 is 1.44 bits per heavy atom. The summed E-state index contributed by atoms with van der Waals surface area (Å²) in [5.74, 6) is 1.50. The van der Waals surface area contributed by atoms with Crippen molar-refractivity contribution < 1.29 is 9.47 Å². The molecule has 1 aromatic carbocycles. The lowest BCUT2D eigenvalue weighted by molar-refractivity contribution is 0.0496. The van der Waals surface area contributed by atoms with Crippen molar-refractivity contribution in [3.8, 4) is 5.75 Å². The molecule has 2 N–H and O–H groups in total. The molecule has 0 amide bonds. The van der Waals surface area contributed by atoms with Crippen LogP contribution in [0.25, 0.3) is 0 Å². The molecule has 100 valence electrons. The molecule has 1 aliphatic heterocycles. The molecule has 0 aromatic heterocycles. The fourth-order valence-corrected chi connectivity index (χ4v) is 2.55. The van der Waals surface area contributed by atoms with Gasteiger partial charge in [0.1, 0.15) is 5.75 Å². The van der Waals surface area contributed by atoms with Crippen LogP contribution in [0.3, 0.4) is 0 Å². The van der Waals surface area contributed by atoms with Crippen molar-refractivity contribution in [2.75, 3.05) is 19.8 Å². The fraction of sp³-hybridized carbons (Fsp3) is 0.571. The molecule has 1 fully saturated rings. The van der Waals surface area contributed by atoms with Gasteiger partial charge in [-0.15, -0.1) is 0 Å². The first-order valence-corrected chi connectivity index (χ1v) is 7.21. The minimum absolute atomic E-state index is 0.0471. The van der Waals surface area contributed by atoms with Gasteiger partial charge in [-0.05, 0) is 59.3 Å². The van der Waals surface area contributed by atoms with E-state index in [9.17, 15) is 0 Å². The van der Waals surface area contributed by atoms with Crippen molar-refractivity contribution in [1.82, 2.24) is 0 Å². The van der Waals surface area contributed by atoms with Gasteiger partial charge in [0, 0.05) is 19.3 Å². The van der Waals surface area contributed by atoms with Crippen molar-refractivity contribution >= 4 is 15.9 Å². The Labute approximate surface area is 117 Å². The van der Waals surface area contributed by atoms with Crippen molar-refractivity contribution in [2.24, 2.45) is 11.7 Å². The smallest absolute Gasteiger partial charge is 0.133 e. The second-order valence-electron chi connectivity index (χ2n) is 4.85. The number of rotatable bonds is 4. The van der Waals surface area contributed by atoms with E-state index in [0.29, 0.717) is 5.92 Å². The Bertz CT molecular complexity index is 389. The van der Waals surface area contributed by atoms with Crippen molar-refractivity contribution in [3.63, 3.8) is 0 Å². The van der Waals surface area contributed by atoms with Gasteiger partial charge in [0.05, 0.1) is 11.1 Å². The molecule has 1 atom stereocenters. The van der Waals surface area contributed by atoms with Gasteiger partial charge in [-0.2, -0.15) is 0 Å². The Balaban J connectivity index is 1.92. The third-order valence-corrected chi connectivity index (χ3v) is 3.92. The van der Waals surface area contributed by atoms with Crippen LogP contribution in [-0.4, -0.2) is 19.8 Å². The van der Waals surface area contributed by atoms with Crippen molar-refractivity contribution in [2.45, 2.75) is 25.8 Å². The van der Waals surface area contributed by atoms with Gasteiger partial charge in [-0.3, -0.25) is 0 Å². The third-order valence-electron chi connectivity index (χ3n) is 3.30. The van der Waals surface area contributed by atoms with Crippen LogP contribution in [0.1, 0.15) is 31.4 Å². The van der Waals surface area contributed by atoms with Gasteiger partial charge in [-0.1, -0.05) is 6.07 Å². The molecule has 1 aromatic rings. The highest BCUT2D eigenvalue weighted by Crippen LogP contribution is 2.28. The first-order chi connectivity index (χ1) is 8.66. The van der Waals surface area contributed by atoms with E-state index in [1.165, 1.54) is 0 Å². The quantitative estimate of drug-likeness (QED) is 0.927. The number of hydrogen-bond donors (Lipinski definition) is 1. The van der Waals surface area contributed by atoms with E-state index < -0.39 is 0 Å². The maximum absolute atomic E-state index is 5.87. The van der Waals surface area contributed by atoms with Crippen LogP contribution in [0.15, 0.2) is 22.7 Å². The molecule has 0 spiro atoms. The van der Waals surface area contributed by atoms with E-state index in [-0.39, 0.29) is 6.04 Å². The normalized spacial score (nSPS) is 18.6. The summed E-state index contributed by atoms with van der Waals surface area (Å²) in [6.07, 6.45) is 2.19. The van der Waals surface area contributed by atoms with Crippen LogP contribution in [0, 0.1) is 5.92 Å². The van der Waals surface area contributed by atoms with Crippen LogP contribution >= 0.6 is 15.9 Å². The fourth-order valence-electron chi connectivity index (χ4n) is 2.04. The molecule has 1 heterocycles. The standard InChI is InChI=1S/C14H20BrNO2/c1-10(16)12-2-3-14(13(15)8-12)18-9-11-4-6-17-7-5-11/h2-3,8,10-11H,4-7,9,16H2,1H3/t10-/m1/s1. The van der Waals surface area contributed by atoms with E-state index in [1.54, 1.807) is 0 Å². The Morgan fingerprint density at radius 2 is 2.17 bits per heavy atom. The molecule has 0 unspecified atom stereocenters. The van der Waals surface area contributed by atoms with Crippen LogP contribution in [0.5, 0.6) is 5.75 Å². The van der Waals surface area contributed by atoms with E-state index >= 15 is 0 Å². The monoisotopic (exact) mass is 313 g/mol. The zero-order valence-electron chi connectivity index (χ0n) is 10.7. The van der Waals surface area contributed by atoms with Crippen LogP contribution < -0.4 is 10.5 Å². The summed E-state index contributed by atoms with van der Waals surface area (Å²) >= 11 is 3.54. The minimum atomic E-state index is 0.0471. The lowest BCUT2D eigenvalue weighted by atomic mass is 10.0. The van der Waals surface area contributed by atoms with Crippen LogP contribution in [0.2, 0.25) is 0 Å². The third kappa shape index (κ3) is 3.70. The van der Waals surface area contributed by atoms with Gasteiger partial charge in [0.25, 0.3) is 0 Å². The Morgan fingerprint density at radius 3 is 2.78 bits per heavy atom. The predicted octanol–water partition coefficient (Wildman–Crippen LogP) is 3.27. The molecule has 2 rings (SSSR count). The molecule has 1 aliphatic rings. The molecule has 4 heteroatoms. The summed E-state index contributed by atoms with van der Waals surface area (Å²) in [5.41, 5.74) is 6.96. The first kappa shape index (κ1) is 13.8. The Kier molecular flexibility index (Phi) is 5.03. The highest BCUT2D eigenvalue weighted by atomic mass is 79.9. The van der Waals surface area contributed by atoms with Crippen LogP contribution in [-0.2, 0) is 4.74 Å². The highest BCUT2D eigenvalue weighted by molar-refractivity contribution is 9.10. The molecular formula is C14H20BrNO2. The average molecular weight is 314 g/mol. The first-order valence-electron chi connectivity index (χ1n) is 6.42. The molecule has 0 bridgehead atoms.